The molecule has 782 valence electrons. The number of hydrogen-bond acceptors (Lipinski definition) is 34. The molecule has 0 radical (unpaired) electrons. The molecular formula is C110H113Br3N14O23. The molecule has 0 fully saturated rings. The number of nitrogens with one attached hydrogen (secondary N) is 1. The summed E-state index contributed by atoms with van der Waals surface area (Å²) in [5.41, 5.74) is 23.3. The van der Waals surface area contributed by atoms with E-state index in [0.717, 1.165) is 103 Å². The van der Waals surface area contributed by atoms with Gasteiger partial charge in [-0.25, -0.2) is 43.9 Å². The number of phenols is 2. The van der Waals surface area contributed by atoms with E-state index in [0.29, 0.717) is 119 Å². The quantitative estimate of drug-likeness (QED) is 0.00962. The van der Waals surface area contributed by atoms with Crippen LogP contribution in [0.15, 0.2) is 253 Å². The molecule has 0 amide bonds. The number of Topliss-reactive ketones (excluding diaryl/α,β-unsaturated/α-hetero) is 3. The number of anilines is 1. The van der Waals surface area contributed by atoms with Crippen LogP contribution in [0.1, 0.15) is 150 Å². The number of ether oxygens (including phenoxy) is 1. The van der Waals surface area contributed by atoms with E-state index in [9.17, 15) is 53.1 Å². The van der Waals surface area contributed by atoms with E-state index in [1.807, 2.05) is 182 Å². The standard InChI is InChI=1S/C20H20N4O2.C19H17N3O2.C18H15N3O3.C12H9BrO4.C12H10O4.C8H8O3.C7H8O2.C6H9N3.C6H10O3.C2H7N.Br2/c1-12-9-24-11-17(22-19(24)13(2)21-12)16-8-15-6-5-14(10-23(3)4)7-18(15)26-20(16)25;1-4-13-5-6-14-8-15(19(23)24-17(14)7-13)16-10-22-9-11(2)20-12(3)18(22)21-16;1-10-7-21-8-15(20-17(21)11(2)19-10)14-6-13-4-3-12(9-22)5-16(13)24-18(14)23;13-5-10(15)9-4-8-2-1-7(6-14)3-11(8)17-12(9)16;1-7(14)10-5-9-3-2-8(6-13)4-11(9)16-12(10)15;9-4-6-1-2-7(5-10)8(11)3-6;8-5-6-2-1-3-7(9)4-6;1-4-3-8-6(7)5(2)9-4;1-3-9-6(8)4-5(2)7;1-3-2;1-2/h5-9,11H,10H2,1-4H3;5-10H,4H2,1-3H3;3-8,22H,9H2,1-2H3;1-4,14H,5-6H2;2-5,13H,6H2,1H3;1-3,5,9,11H,4H2;1-4,8-9H,5H2;3H,1-2H3,(H2,7,8);3-4H2,1-2H3;3H,1-2H3;. The van der Waals surface area contributed by atoms with E-state index in [-0.39, 0.29) is 102 Å². The van der Waals surface area contributed by atoms with Crippen LogP contribution >= 0.6 is 44.2 Å². The number of aliphatic hydroxyl groups is 5. The number of nitrogens with two attached hydrogens (primary N) is 1. The number of carbonyl (C=O) groups excluding carboxylic acids is 5. The molecule has 40 heteroatoms. The number of aryl methyl sites for hydroxylation is 9. The zero-order chi connectivity index (χ0) is 110. The minimum atomic E-state index is -0.656. The van der Waals surface area contributed by atoms with Gasteiger partial charge in [-0.1, -0.05) is 102 Å². The van der Waals surface area contributed by atoms with Crippen LogP contribution in [0.5, 0.6) is 11.5 Å². The largest absolute Gasteiger partial charge is 0.508 e. The van der Waals surface area contributed by atoms with Crippen LogP contribution < -0.4 is 39.2 Å². The van der Waals surface area contributed by atoms with Crippen LogP contribution in [0, 0.1) is 55.4 Å². The third kappa shape index (κ3) is 32.6. The van der Waals surface area contributed by atoms with Crippen LogP contribution in [0.2, 0.25) is 0 Å². The number of halogens is 3. The molecular weight excluding hydrogens is 2120 g/mol. The first-order valence-corrected chi connectivity index (χ1v) is 51.1. The van der Waals surface area contributed by atoms with E-state index in [4.69, 9.17) is 58.5 Å². The Morgan fingerprint density at radius 1 is 0.440 bits per heavy atom. The van der Waals surface area contributed by atoms with Crippen molar-refractivity contribution in [3.05, 3.63) is 360 Å². The van der Waals surface area contributed by atoms with E-state index < -0.39 is 22.8 Å². The summed E-state index contributed by atoms with van der Waals surface area (Å²) in [4.78, 5) is 151. The second-order valence-corrected chi connectivity index (χ2v) is 34.5. The Morgan fingerprint density at radius 3 is 1.13 bits per heavy atom. The van der Waals surface area contributed by atoms with Crippen LogP contribution in [0.25, 0.3) is 106 Å². The molecule has 19 aromatic rings. The molecule has 0 aliphatic heterocycles. The van der Waals surface area contributed by atoms with Gasteiger partial charge in [0, 0.05) is 98.9 Å². The molecule has 19 rings (SSSR count). The van der Waals surface area contributed by atoms with Gasteiger partial charge in [0.1, 0.15) is 68.6 Å². The number of nitrogens with zero attached hydrogens (tertiary/aromatic N) is 12. The molecule has 0 saturated carbocycles. The highest BCUT2D eigenvalue weighted by Crippen LogP contribution is 2.29. The lowest BCUT2D eigenvalue weighted by atomic mass is 10.1. The predicted octanol–water partition coefficient (Wildman–Crippen LogP) is 17.1. The fourth-order valence-electron chi connectivity index (χ4n) is 14.6. The maximum absolute atomic E-state index is 12.6. The topological polar surface area (TPSA) is 545 Å². The van der Waals surface area contributed by atoms with E-state index >= 15 is 0 Å². The summed E-state index contributed by atoms with van der Waals surface area (Å²) in [7, 11) is 7.76. The van der Waals surface area contributed by atoms with Crippen molar-refractivity contribution in [2.45, 2.75) is 136 Å². The van der Waals surface area contributed by atoms with E-state index in [1.165, 1.54) is 44.2 Å². The summed E-state index contributed by atoms with van der Waals surface area (Å²) in [5, 5.41) is 68.9. The molecule has 0 aliphatic rings. The van der Waals surface area contributed by atoms with Crippen molar-refractivity contribution in [2.24, 2.45) is 0 Å². The highest BCUT2D eigenvalue weighted by molar-refractivity contribution is 9.93. The van der Waals surface area contributed by atoms with Crippen LogP contribution in [-0.2, 0) is 60.3 Å². The summed E-state index contributed by atoms with van der Waals surface area (Å²) in [5.74, 6) is -0.610. The minimum absolute atomic E-state index is 0.0194. The Balaban J connectivity index is 0.000000191. The SMILES string of the molecule is BrBr.CC(=O)c1cc2ccc(CO)cc2oc1=O.CCOC(=O)CC(C)=O.CCc1ccc2cc(-c3cn4cc(C)nc(C)c4n3)c(=O)oc2c1.CNC.Cc1cn2cc(-c3cc4ccc(CN(C)C)cc4oc3=O)nc2c(C)n1.Cc1cn2cc(-c3cc4ccc(CO)cc4oc3=O)nc2c(C)n1.Cc1cnc(N)c(C)n1.O=C(CBr)c1cc2ccc(CO)cc2oc1=O.O=Cc1ccc(CO)cc1O.OCc1cccc(O)c1. The number of alkyl halides is 1. The number of ketones is 3. The number of nitrogen functional groups attached to an aromatic ring is 1. The predicted molar refractivity (Wildman–Crippen MR) is 584 cm³/mol. The summed E-state index contributed by atoms with van der Waals surface area (Å²) >= 11 is 8.51. The Bertz CT molecular complexity index is 8200. The van der Waals surface area contributed by atoms with Gasteiger partial charge in [-0.2, -0.15) is 0 Å². The van der Waals surface area contributed by atoms with Crippen molar-refractivity contribution in [3.63, 3.8) is 0 Å². The first kappa shape index (κ1) is 118. The lowest BCUT2D eigenvalue weighted by molar-refractivity contribution is -0.145. The lowest BCUT2D eigenvalue weighted by Gasteiger charge is -2.09. The molecule has 0 unspecified atom stereocenters. The zero-order valence-corrected chi connectivity index (χ0v) is 89.8. The lowest BCUT2D eigenvalue weighted by Crippen LogP contribution is -2.14. The smallest absolute Gasteiger partial charge is 0.347 e. The number of fused-ring (bicyclic) bond motifs is 8. The molecule has 10 N–H and O–H groups in total. The Hall–Kier alpha value is -15.8. The molecule has 37 nitrogen and oxygen atoms in total. The number of carbonyl (C=O) groups is 5. The summed E-state index contributed by atoms with van der Waals surface area (Å²) in [6.45, 7) is 22.3. The van der Waals surface area contributed by atoms with Crippen molar-refractivity contribution < 1.29 is 86.5 Å². The maximum Gasteiger partial charge on any atom is 0.347 e. The number of aromatic hydroxyl groups is 2. The Kier molecular flexibility index (Phi) is 44.3. The Morgan fingerprint density at radius 2 is 0.787 bits per heavy atom. The van der Waals surface area contributed by atoms with Crippen molar-refractivity contribution in [2.75, 3.05) is 45.9 Å². The number of aldehydes is 1. The minimum Gasteiger partial charge on any atom is -0.508 e. The number of rotatable bonds is 18. The first-order valence-electron chi connectivity index (χ1n) is 46.3. The van der Waals surface area contributed by atoms with Gasteiger partial charge in [-0.05, 0) is 235 Å². The van der Waals surface area contributed by atoms with E-state index in [2.05, 4.69) is 106 Å². The molecule has 12 heterocycles. The molecule has 7 aromatic carbocycles. The number of aromatic nitrogens is 11. The van der Waals surface area contributed by atoms with Gasteiger partial charge in [-0.3, -0.25) is 43.9 Å². The van der Waals surface area contributed by atoms with Crippen molar-refractivity contribution >= 4 is 151 Å². The molecule has 150 heavy (non-hydrogen) atoms. The average molecular weight is 2240 g/mol. The fourth-order valence-corrected chi connectivity index (χ4v) is 14.9. The van der Waals surface area contributed by atoms with Crippen LogP contribution in [0.3, 0.4) is 0 Å². The third-order valence-electron chi connectivity index (χ3n) is 21.6. The molecule has 0 atom stereocenters. The highest BCUT2D eigenvalue weighted by Gasteiger charge is 2.21. The van der Waals surface area contributed by atoms with Crippen molar-refractivity contribution in [1.29, 1.82) is 0 Å². The fraction of sp³-hybridized carbons (Fsp3) is 0.236. The number of hydrogen-bond donors (Lipinski definition) is 9. The second-order valence-electron chi connectivity index (χ2n) is 33.9. The van der Waals surface area contributed by atoms with Gasteiger partial charge in [0.2, 0.25) is 0 Å². The highest BCUT2D eigenvalue weighted by atomic mass is 80.9. The Labute approximate surface area is 882 Å². The molecule has 0 bridgehead atoms. The summed E-state index contributed by atoms with van der Waals surface area (Å²) < 4.78 is 36.7. The van der Waals surface area contributed by atoms with Gasteiger partial charge >= 0.3 is 34.1 Å². The summed E-state index contributed by atoms with van der Waals surface area (Å²) in [6.07, 6.45) is 14.2. The third-order valence-corrected chi connectivity index (χ3v) is 22.1. The molecule has 0 spiro atoms. The number of esters is 1. The molecule has 0 saturated heterocycles. The number of benzene rings is 7. The molecule has 12 aromatic heterocycles. The van der Waals surface area contributed by atoms with Gasteiger partial charge < -0.3 is 91.7 Å². The van der Waals surface area contributed by atoms with Gasteiger partial charge in [0.05, 0.1) is 136 Å². The number of imidazole rings is 3. The van der Waals surface area contributed by atoms with E-state index in [1.54, 1.807) is 98.2 Å². The monoisotopic (exact) mass is 2230 g/mol. The van der Waals surface area contributed by atoms with Gasteiger partial charge in [-0.15, -0.1) is 0 Å². The van der Waals surface area contributed by atoms with Crippen molar-refractivity contribution in [3.8, 4) is 45.3 Å². The molecule has 0 aliphatic carbocycles. The van der Waals surface area contributed by atoms with Crippen LogP contribution in [0.4, 0.5) is 5.82 Å². The maximum atomic E-state index is 12.6. The van der Waals surface area contributed by atoms with Crippen molar-refractivity contribution in [1.82, 2.24) is 63.3 Å². The zero-order valence-electron chi connectivity index (χ0n) is 85.0. The van der Waals surface area contributed by atoms with Gasteiger partial charge in [0.25, 0.3) is 0 Å². The summed E-state index contributed by atoms with van der Waals surface area (Å²) in [6, 6.07) is 46.6. The average Bonchev–Trinajstić information content (AvgIpc) is 1.59. The second kappa shape index (κ2) is 56.4. The van der Waals surface area contributed by atoms with Gasteiger partial charge in [0.15, 0.2) is 34.8 Å². The number of phenolic OH excluding ortho intramolecular Hbond substituents is 2. The normalized spacial score (nSPS) is 10.6. The number of aliphatic hydroxyl groups excluding tert-OH is 5. The van der Waals surface area contributed by atoms with Crippen LogP contribution in [-0.4, -0.2) is 163 Å². The first-order chi connectivity index (χ1) is 71.6.